The molecule has 0 bridgehead atoms. The molecule has 0 aromatic heterocycles. The highest BCUT2D eigenvalue weighted by Crippen LogP contribution is 2.32. The van der Waals surface area contributed by atoms with Crippen LogP contribution in [-0.2, 0) is 9.53 Å². The Morgan fingerprint density at radius 1 is 1.47 bits per heavy atom. The highest BCUT2D eigenvalue weighted by molar-refractivity contribution is 5.83. The molecule has 1 aliphatic rings. The van der Waals surface area contributed by atoms with Crippen molar-refractivity contribution in [2.24, 2.45) is 11.3 Å². The van der Waals surface area contributed by atoms with Crippen molar-refractivity contribution in [2.75, 3.05) is 39.9 Å². The van der Waals surface area contributed by atoms with Gasteiger partial charge < -0.3 is 15.0 Å². The Kier molecular flexibility index (Phi) is 6.80. The van der Waals surface area contributed by atoms with Gasteiger partial charge in [0.15, 0.2) is 0 Å². The minimum Gasteiger partial charge on any atom is -0.383 e. The molecule has 0 spiro atoms. The van der Waals surface area contributed by atoms with Gasteiger partial charge in [-0.3, -0.25) is 4.79 Å². The van der Waals surface area contributed by atoms with Gasteiger partial charge in [0.2, 0.25) is 5.91 Å². The Balaban J connectivity index is 2.76. The average molecular weight is 270 g/mol. The second kappa shape index (κ2) is 7.85. The van der Waals surface area contributed by atoms with E-state index in [1.165, 1.54) is 0 Å². The minimum atomic E-state index is -0.194. The number of nitrogens with zero attached hydrogens (tertiary/aromatic N) is 1. The summed E-state index contributed by atoms with van der Waals surface area (Å²) in [6.45, 7) is 10.5. The summed E-state index contributed by atoms with van der Waals surface area (Å²) in [4.78, 5) is 14.9. The van der Waals surface area contributed by atoms with Crippen molar-refractivity contribution in [3.05, 3.63) is 0 Å². The first-order chi connectivity index (χ1) is 9.05. The zero-order valence-corrected chi connectivity index (χ0v) is 13.0. The van der Waals surface area contributed by atoms with Crippen molar-refractivity contribution < 1.29 is 9.53 Å². The average Bonchev–Trinajstić information content (AvgIpc) is 2.43. The summed E-state index contributed by atoms with van der Waals surface area (Å²) in [5.41, 5.74) is -0.194. The lowest BCUT2D eigenvalue weighted by Crippen LogP contribution is -2.53. The van der Waals surface area contributed by atoms with Gasteiger partial charge in [0.05, 0.1) is 12.0 Å². The third kappa shape index (κ3) is 4.46. The van der Waals surface area contributed by atoms with Crippen LogP contribution in [-0.4, -0.2) is 50.7 Å². The summed E-state index contributed by atoms with van der Waals surface area (Å²) in [5, 5.41) is 3.39. The fourth-order valence-electron chi connectivity index (χ4n) is 2.86. The van der Waals surface area contributed by atoms with Crippen LogP contribution in [0.5, 0.6) is 0 Å². The standard InChI is InChI=1S/C15H30N2O2/c1-5-15(7-6-8-16-12-15)14(18)17(9-10-19-4)11-13(2)3/h13,16H,5-12H2,1-4H3. The van der Waals surface area contributed by atoms with E-state index in [4.69, 9.17) is 4.74 Å². The zero-order chi connectivity index (χ0) is 14.3. The molecule has 112 valence electrons. The van der Waals surface area contributed by atoms with E-state index in [9.17, 15) is 4.79 Å². The SMILES string of the molecule is CCC1(C(=O)N(CCOC)CC(C)C)CCCNC1. The first-order valence-corrected chi connectivity index (χ1v) is 7.54. The van der Waals surface area contributed by atoms with Crippen molar-refractivity contribution in [3.63, 3.8) is 0 Å². The van der Waals surface area contributed by atoms with Gasteiger partial charge in [-0.1, -0.05) is 20.8 Å². The molecule has 0 aliphatic carbocycles. The summed E-state index contributed by atoms with van der Waals surface area (Å²) >= 11 is 0. The first kappa shape index (κ1) is 16.4. The maximum Gasteiger partial charge on any atom is 0.230 e. The summed E-state index contributed by atoms with van der Waals surface area (Å²) < 4.78 is 5.15. The van der Waals surface area contributed by atoms with Crippen LogP contribution in [0.1, 0.15) is 40.0 Å². The molecular formula is C15H30N2O2. The molecule has 1 aliphatic heterocycles. The van der Waals surface area contributed by atoms with Crippen molar-refractivity contribution in [2.45, 2.75) is 40.0 Å². The van der Waals surface area contributed by atoms with Gasteiger partial charge in [-0.15, -0.1) is 0 Å². The van der Waals surface area contributed by atoms with E-state index in [0.717, 1.165) is 38.9 Å². The van der Waals surface area contributed by atoms with E-state index in [2.05, 4.69) is 26.1 Å². The number of ether oxygens (including phenoxy) is 1. The van der Waals surface area contributed by atoms with Gasteiger partial charge in [0, 0.05) is 26.7 Å². The van der Waals surface area contributed by atoms with Crippen LogP contribution in [0.2, 0.25) is 0 Å². The predicted octanol–water partition coefficient (Wildman–Crippen LogP) is 1.90. The maximum atomic E-state index is 12.9. The van der Waals surface area contributed by atoms with Crippen molar-refractivity contribution in [1.82, 2.24) is 10.2 Å². The number of rotatable bonds is 7. The molecule has 0 radical (unpaired) electrons. The Morgan fingerprint density at radius 3 is 2.68 bits per heavy atom. The van der Waals surface area contributed by atoms with Crippen LogP contribution < -0.4 is 5.32 Å². The van der Waals surface area contributed by atoms with Crippen LogP contribution in [0.25, 0.3) is 0 Å². The number of hydrogen-bond donors (Lipinski definition) is 1. The van der Waals surface area contributed by atoms with E-state index >= 15 is 0 Å². The number of nitrogens with one attached hydrogen (secondary N) is 1. The number of piperidine rings is 1. The third-order valence-corrected chi connectivity index (χ3v) is 4.04. The topological polar surface area (TPSA) is 41.6 Å². The number of carbonyl (C=O) groups excluding carboxylic acids is 1. The summed E-state index contributed by atoms with van der Waals surface area (Å²) in [6.07, 6.45) is 3.02. The quantitative estimate of drug-likeness (QED) is 0.768. The van der Waals surface area contributed by atoms with Gasteiger partial charge in [0.25, 0.3) is 0 Å². The third-order valence-electron chi connectivity index (χ3n) is 4.04. The van der Waals surface area contributed by atoms with Gasteiger partial charge >= 0.3 is 0 Å². The van der Waals surface area contributed by atoms with E-state index in [1.807, 2.05) is 4.90 Å². The summed E-state index contributed by atoms with van der Waals surface area (Å²) in [7, 11) is 1.69. The molecule has 1 fully saturated rings. The number of hydrogen-bond acceptors (Lipinski definition) is 3. The molecule has 19 heavy (non-hydrogen) atoms. The molecule has 1 heterocycles. The number of methoxy groups -OCH3 is 1. The lowest BCUT2D eigenvalue weighted by Gasteiger charge is -2.40. The van der Waals surface area contributed by atoms with Crippen LogP contribution in [0.15, 0.2) is 0 Å². The molecule has 0 aromatic carbocycles. The largest absolute Gasteiger partial charge is 0.383 e. The highest BCUT2D eigenvalue weighted by atomic mass is 16.5. The zero-order valence-electron chi connectivity index (χ0n) is 13.0. The lowest BCUT2D eigenvalue weighted by molar-refractivity contribution is -0.144. The molecule has 1 saturated heterocycles. The Labute approximate surface area is 117 Å². The maximum absolute atomic E-state index is 12.9. The second-order valence-electron chi connectivity index (χ2n) is 6.05. The van der Waals surface area contributed by atoms with Gasteiger partial charge in [0.1, 0.15) is 0 Å². The summed E-state index contributed by atoms with van der Waals surface area (Å²) in [5.74, 6) is 0.805. The van der Waals surface area contributed by atoms with Crippen molar-refractivity contribution >= 4 is 5.91 Å². The molecule has 1 unspecified atom stereocenters. The van der Waals surface area contributed by atoms with Crippen LogP contribution in [0, 0.1) is 11.3 Å². The van der Waals surface area contributed by atoms with Crippen molar-refractivity contribution in [3.8, 4) is 0 Å². The molecule has 4 heteroatoms. The van der Waals surface area contributed by atoms with Gasteiger partial charge in [-0.05, 0) is 31.7 Å². The minimum absolute atomic E-state index is 0.194. The highest BCUT2D eigenvalue weighted by Gasteiger charge is 2.40. The monoisotopic (exact) mass is 270 g/mol. The Bertz CT molecular complexity index is 273. The molecule has 1 N–H and O–H groups in total. The predicted molar refractivity (Wildman–Crippen MR) is 78.1 cm³/mol. The van der Waals surface area contributed by atoms with Crippen molar-refractivity contribution in [1.29, 1.82) is 0 Å². The van der Waals surface area contributed by atoms with Crippen LogP contribution in [0.3, 0.4) is 0 Å². The van der Waals surface area contributed by atoms with Gasteiger partial charge in [-0.25, -0.2) is 0 Å². The number of amides is 1. The van der Waals surface area contributed by atoms with E-state index in [0.29, 0.717) is 25.0 Å². The lowest BCUT2D eigenvalue weighted by atomic mass is 9.77. The molecule has 4 nitrogen and oxygen atoms in total. The molecule has 0 saturated carbocycles. The normalized spacial score (nSPS) is 23.6. The molecule has 0 aromatic rings. The second-order valence-corrected chi connectivity index (χ2v) is 6.05. The van der Waals surface area contributed by atoms with Crippen LogP contribution in [0.4, 0.5) is 0 Å². The Morgan fingerprint density at radius 2 is 2.21 bits per heavy atom. The fourth-order valence-corrected chi connectivity index (χ4v) is 2.86. The fraction of sp³-hybridized carbons (Fsp3) is 0.933. The Hall–Kier alpha value is -0.610. The molecule has 1 rings (SSSR count). The van der Waals surface area contributed by atoms with E-state index in [-0.39, 0.29) is 5.41 Å². The number of carbonyl (C=O) groups is 1. The first-order valence-electron chi connectivity index (χ1n) is 7.54. The van der Waals surface area contributed by atoms with E-state index < -0.39 is 0 Å². The van der Waals surface area contributed by atoms with Gasteiger partial charge in [-0.2, -0.15) is 0 Å². The van der Waals surface area contributed by atoms with E-state index in [1.54, 1.807) is 7.11 Å². The molecule has 1 atom stereocenters. The smallest absolute Gasteiger partial charge is 0.230 e. The molecular weight excluding hydrogens is 240 g/mol. The van der Waals surface area contributed by atoms with Crippen LogP contribution >= 0.6 is 0 Å². The summed E-state index contributed by atoms with van der Waals surface area (Å²) in [6, 6.07) is 0. The molecule has 1 amide bonds.